The van der Waals surface area contributed by atoms with Crippen LogP contribution in [0.3, 0.4) is 0 Å². The fourth-order valence-corrected chi connectivity index (χ4v) is 3.57. The van der Waals surface area contributed by atoms with Crippen molar-refractivity contribution in [3.05, 3.63) is 22.7 Å². The van der Waals surface area contributed by atoms with Crippen LogP contribution >= 0.6 is 15.9 Å². The summed E-state index contributed by atoms with van der Waals surface area (Å²) >= 11 is 3.20. The van der Waals surface area contributed by atoms with E-state index in [1.807, 2.05) is 27.7 Å². The SMILES string of the molecule is C[C@H]1CN(CCCOc2ccc(OC(F)(F)F)cc2Br)CCN1C(=O)OC(C)(C)C. The summed E-state index contributed by atoms with van der Waals surface area (Å²) in [4.78, 5) is 16.3. The second kappa shape index (κ2) is 10.1. The summed E-state index contributed by atoms with van der Waals surface area (Å²) in [5, 5.41) is 0. The number of hydrogen-bond acceptors (Lipinski definition) is 5. The van der Waals surface area contributed by atoms with Crippen molar-refractivity contribution >= 4 is 22.0 Å². The van der Waals surface area contributed by atoms with Crippen molar-refractivity contribution in [2.24, 2.45) is 0 Å². The number of ether oxygens (including phenoxy) is 3. The lowest BCUT2D eigenvalue weighted by molar-refractivity contribution is -0.274. The number of nitrogens with zero attached hydrogens (tertiary/aromatic N) is 2. The monoisotopic (exact) mass is 496 g/mol. The number of carbonyl (C=O) groups is 1. The highest BCUT2D eigenvalue weighted by Crippen LogP contribution is 2.32. The molecule has 0 aliphatic carbocycles. The number of rotatable bonds is 6. The molecule has 0 spiro atoms. The van der Waals surface area contributed by atoms with Crippen LogP contribution in [-0.4, -0.2) is 66.7 Å². The molecule has 0 radical (unpaired) electrons. The minimum absolute atomic E-state index is 0.0461. The van der Waals surface area contributed by atoms with Gasteiger partial charge in [0.1, 0.15) is 17.1 Å². The van der Waals surface area contributed by atoms with Crippen molar-refractivity contribution in [3.63, 3.8) is 0 Å². The Labute approximate surface area is 183 Å². The summed E-state index contributed by atoms with van der Waals surface area (Å²) in [6.07, 6.45) is -4.28. The Balaban J connectivity index is 1.73. The van der Waals surface area contributed by atoms with E-state index in [2.05, 4.69) is 25.6 Å². The highest BCUT2D eigenvalue weighted by Gasteiger charge is 2.32. The zero-order valence-corrected chi connectivity index (χ0v) is 19.2. The van der Waals surface area contributed by atoms with E-state index in [0.29, 0.717) is 23.4 Å². The van der Waals surface area contributed by atoms with Crippen LogP contribution < -0.4 is 9.47 Å². The van der Waals surface area contributed by atoms with Gasteiger partial charge in [0.15, 0.2) is 0 Å². The number of piperazine rings is 1. The Bertz CT molecular complexity index is 725. The number of halogens is 4. The molecule has 10 heteroatoms. The van der Waals surface area contributed by atoms with Crippen molar-refractivity contribution in [2.75, 3.05) is 32.8 Å². The lowest BCUT2D eigenvalue weighted by Crippen LogP contribution is -2.55. The van der Waals surface area contributed by atoms with Gasteiger partial charge in [-0.3, -0.25) is 4.90 Å². The Morgan fingerprint density at radius 2 is 1.93 bits per heavy atom. The Morgan fingerprint density at radius 3 is 2.50 bits per heavy atom. The third-order valence-corrected chi connectivity index (χ3v) is 4.97. The second-order valence-electron chi connectivity index (χ2n) is 8.17. The molecule has 1 atom stereocenters. The summed E-state index contributed by atoms with van der Waals surface area (Å²) < 4.78 is 52.2. The van der Waals surface area contributed by atoms with E-state index < -0.39 is 12.0 Å². The molecule has 1 aromatic carbocycles. The zero-order chi connectivity index (χ0) is 22.5. The normalized spacial score (nSPS) is 18.3. The third kappa shape index (κ3) is 8.22. The first kappa shape index (κ1) is 24.6. The Hall–Kier alpha value is -1.68. The molecule has 0 aromatic heterocycles. The zero-order valence-electron chi connectivity index (χ0n) is 17.6. The smallest absolute Gasteiger partial charge is 0.492 e. The fraction of sp³-hybridized carbons (Fsp3) is 0.650. The van der Waals surface area contributed by atoms with Gasteiger partial charge in [-0.2, -0.15) is 0 Å². The molecule has 0 saturated carbocycles. The molecule has 0 bridgehead atoms. The van der Waals surface area contributed by atoms with Crippen LogP contribution in [0.15, 0.2) is 22.7 Å². The molecular weight excluding hydrogens is 469 g/mol. The van der Waals surface area contributed by atoms with Gasteiger partial charge in [-0.25, -0.2) is 4.79 Å². The summed E-state index contributed by atoms with van der Waals surface area (Å²) in [6.45, 7) is 10.8. The van der Waals surface area contributed by atoms with E-state index in [4.69, 9.17) is 9.47 Å². The molecule has 1 heterocycles. The molecule has 0 N–H and O–H groups in total. The number of benzene rings is 1. The van der Waals surface area contributed by atoms with Crippen LogP contribution in [0, 0.1) is 0 Å². The molecular formula is C20H28BrF3N2O4. The summed E-state index contributed by atoms with van der Waals surface area (Å²) in [7, 11) is 0. The fourth-order valence-electron chi connectivity index (χ4n) is 3.09. The largest absolute Gasteiger partial charge is 0.573 e. The quantitative estimate of drug-likeness (QED) is 0.515. The predicted octanol–water partition coefficient (Wildman–Crippen LogP) is 5.06. The van der Waals surface area contributed by atoms with Crippen LogP contribution in [-0.2, 0) is 4.74 Å². The standard InChI is InChI=1S/C20H28BrF3N2O4/c1-14-13-25(9-10-26(14)18(27)30-19(2,3)4)8-5-11-28-17-7-6-15(12-16(17)21)29-20(22,23)24/h6-7,12,14H,5,8-11,13H2,1-4H3/t14-/m0/s1. The Morgan fingerprint density at radius 1 is 1.23 bits per heavy atom. The van der Waals surface area contributed by atoms with Crippen molar-refractivity contribution in [2.45, 2.75) is 52.1 Å². The van der Waals surface area contributed by atoms with Gasteiger partial charge in [-0.1, -0.05) is 0 Å². The number of hydrogen-bond donors (Lipinski definition) is 0. The maximum absolute atomic E-state index is 12.3. The molecule has 0 unspecified atom stereocenters. The van der Waals surface area contributed by atoms with Gasteiger partial charge in [-0.05, 0) is 68.2 Å². The average molecular weight is 497 g/mol. The van der Waals surface area contributed by atoms with Crippen molar-refractivity contribution in [1.82, 2.24) is 9.80 Å². The lowest BCUT2D eigenvalue weighted by Gasteiger charge is -2.40. The van der Waals surface area contributed by atoms with Crippen LogP contribution in [0.25, 0.3) is 0 Å². The Kier molecular flexibility index (Phi) is 8.27. The van der Waals surface area contributed by atoms with Crippen LogP contribution in [0.1, 0.15) is 34.1 Å². The van der Waals surface area contributed by atoms with Crippen LogP contribution in [0.4, 0.5) is 18.0 Å². The first-order valence-corrected chi connectivity index (χ1v) is 10.5. The van der Waals surface area contributed by atoms with E-state index >= 15 is 0 Å². The predicted molar refractivity (Wildman–Crippen MR) is 110 cm³/mol. The number of carbonyl (C=O) groups excluding carboxylic acids is 1. The van der Waals surface area contributed by atoms with Gasteiger partial charge in [0.25, 0.3) is 0 Å². The van der Waals surface area contributed by atoms with E-state index in [9.17, 15) is 18.0 Å². The van der Waals surface area contributed by atoms with Gasteiger partial charge in [-0.15, -0.1) is 13.2 Å². The summed E-state index contributed by atoms with van der Waals surface area (Å²) in [5.41, 5.74) is -0.517. The van der Waals surface area contributed by atoms with Crippen molar-refractivity contribution < 1.29 is 32.2 Å². The highest BCUT2D eigenvalue weighted by atomic mass is 79.9. The maximum atomic E-state index is 12.3. The molecule has 30 heavy (non-hydrogen) atoms. The van der Waals surface area contributed by atoms with Gasteiger partial charge in [0, 0.05) is 32.2 Å². The molecule has 2 rings (SSSR count). The minimum atomic E-state index is -4.73. The van der Waals surface area contributed by atoms with Crippen LogP contribution in [0.5, 0.6) is 11.5 Å². The first-order chi connectivity index (χ1) is 13.8. The molecule has 1 fully saturated rings. The van der Waals surface area contributed by atoms with Gasteiger partial charge in [0.2, 0.25) is 0 Å². The molecule has 1 aliphatic heterocycles. The minimum Gasteiger partial charge on any atom is -0.492 e. The molecule has 1 saturated heterocycles. The third-order valence-electron chi connectivity index (χ3n) is 4.35. The van der Waals surface area contributed by atoms with Gasteiger partial charge >= 0.3 is 12.5 Å². The van der Waals surface area contributed by atoms with Crippen molar-refractivity contribution in [1.29, 1.82) is 0 Å². The summed E-state index contributed by atoms with van der Waals surface area (Å²) in [6, 6.07) is 3.92. The summed E-state index contributed by atoms with van der Waals surface area (Å²) in [5.74, 6) is 0.145. The molecule has 1 amide bonds. The van der Waals surface area contributed by atoms with Gasteiger partial charge < -0.3 is 19.1 Å². The molecule has 6 nitrogen and oxygen atoms in total. The average Bonchev–Trinajstić information content (AvgIpc) is 2.57. The van der Waals surface area contributed by atoms with E-state index in [1.165, 1.54) is 18.2 Å². The van der Waals surface area contributed by atoms with E-state index in [-0.39, 0.29) is 17.9 Å². The van der Waals surface area contributed by atoms with Crippen LogP contribution in [0.2, 0.25) is 0 Å². The molecule has 1 aliphatic rings. The van der Waals surface area contributed by atoms with Crippen molar-refractivity contribution in [3.8, 4) is 11.5 Å². The number of alkyl halides is 3. The lowest BCUT2D eigenvalue weighted by atomic mass is 10.2. The maximum Gasteiger partial charge on any atom is 0.573 e. The first-order valence-electron chi connectivity index (χ1n) is 9.74. The molecule has 170 valence electrons. The van der Waals surface area contributed by atoms with Gasteiger partial charge in [0.05, 0.1) is 11.1 Å². The molecule has 1 aromatic rings. The highest BCUT2D eigenvalue weighted by molar-refractivity contribution is 9.10. The number of amides is 1. The van der Waals surface area contributed by atoms with E-state index in [1.54, 1.807) is 4.90 Å². The van der Waals surface area contributed by atoms with E-state index in [0.717, 1.165) is 26.1 Å². The topological polar surface area (TPSA) is 51.2 Å². The second-order valence-corrected chi connectivity index (χ2v) is 9.02.